The van der Waals surface area contributed by atoms with Gasteiger partial charge in [-0.05, 0) is 31.4 Å². The van der Waals surface area contributed by atoms with Crippen molar-refractivity contribution in [2.75, 3.05) is 5.32 Å². The molecule has 0 saturated heterocycles. The van der Waals surface area contributed by atoms with E-state index in [0.29, 0.717) is 6.04 Å². The number of hydrogen-bond acceptors (Lipinski definition) is 3. The molecule has 1 aliphatic carbocycles. The molecule has 3 rings (SSSR count). The van der Waals surface area contributed by atoms with Gasteiger partial charge in [0.2, 0.25) is 5.95 Å². The number of aromatic nitrogens is 3. The summed E-state index contributed by atoms with van der Waals surface area (Å²) in [5, 5.41) is 11.6. The molecule has 2 aromatic rings. The molecule has 2 aromatic heterocycles. The van der Waals surface area contributed by atoms with Crippen molar-refractivity contribution in [1.29, 1.82) is 0 Å². The van der Waals surface area contributed by atoms with Crippen LogP contribution in [0.15, 0.2) is 18.3 Å². The van der Waals surface area contributed by atoms with E-state index in [-0.39, 0.29) is 0 Å². The summed E-state index contributed by atoms with van der Waals surface area (Å²) in [5.41, 5.74) is 2.10. The number of rotatable bonds is 2. The first-order valence-corrected chi connectivity index (χ1v) is 4.91. The number of anilines is 1. The summed E-state index contributed by atoms with van der Waals surface area (Å²) < 4.78 is 2.01. The quantitative estimate of drug-likeness (QED) is 0.778. The van der Waals surface area contributed by atoms with Crippen molar-refractivity contribution >= 4 is 11.6 Å². The highest BCUT2D eigenvalue weighted by Gasteiger charge is 2.22. The lowest BCUT2D eigenvalue weighted by atomic mass is 10.3. The van der Waals surface area contributed by atoms with Crippen molar-refractivity contribution in [2.24, 2.45) is 0 Å². The monoisotopic (exact) mass is 188 g/mol. The second-order valence-electron chi connectivity index (χ2n) is 3.83. The molecule has 0 amide bonds. The first-order chi connectivity index (χ1) is 6.84. The standard InChI is InChI=1S/C10H12N4/c1-7-3-2-6-14-9(7)12-13-10(14)11-8-4-5-8/h2-3,6,8H,4-5H2,1H3,(H,11,13). The number of aryl methyl sites for hydroxylation is 1. The van der Waals surface area contributed by atoms with Crippen LogP contribution in [-0.4, -0.2) is 20.6 Å². The first kappa shape index (κ1) is 7.79. The van der Waals surface area contributed by atoms with Gasteiger partial charge in [-0.1, -0.05) is 6.07 Å². The lowest BCUT2D eigenvalue weighted by molar-refractivity contribution is 1.03. The molecule has 0 atom stereocenters. The second kappa shape index (κ2) is 2.70. The van der Waals surface area contributed by atoms with Gasteiger partial charge in [0.25, 0.3) is 0 Å². The van der Waals surface area contributed by atoms with Gasteiger partial charge in [-0.15, -0.1) is 10.2 Å². The molecule has 1 fully saturated rings. The van der Waals surface area contributed by atoms with Crippen LogP contribution in [0.25, 0.3) is 5.65 Å². The molecule has 4 nitrogen and oxygen atoms in total. The van der Waals surface area contributed by atoms with E-state index < -0.39 is 0 Å². The summed E-state index contributed by atoms with van der Waals surface area (Å²) in [5.74, 6) is 0.867. The number of hydrogen-bond donors (Lipinski definition) is 1. The third-order valence-corrected chi connectivity index (χ3v) is 2.54. The molecule has 0 aliphatic heterocycles. The Morgan fingerprint density at radius 3 is 3.07 bits per heavy atom. The van der Waals surface area contributed by atoms with Crippen LogP contribution in [0, 0.1) is 6.92 Å². The fourth-order valence-electron chi connectivity index (χ4n) is 1.56. The number of fused-ring (bicyclic) bond motifs is 1. The lowest BCUT2D eigenvalue weighted by Crippen LogP contribution is -2.04. The van der Waals surface area contributed by atoms with Crippen LogP contribution in [0.2, 0.25) is 0 Å². The van der Waals surface area contributed by atoms with Gasteiger partial charge in [0.15, 0.2) is 5.65 Å². The van der Waals surface area contributed by atoms with Crippen molar-refractivity contribution in [2.45, 2.75) is 25.8 Å². The maximum atomic E-state index is 4.15. The Balaban J connectivity index is 2.10. The maximum Gasteiger partial charge on any atom is 0.229 e. The van der Waals surface area contributed by atoms with Crippen LogP contribution in [0.4, 0.5) is 5.95 Å². The largest absolute Gasteiger partial charge is 0.351 e. The van der Waals surface area contributed by atoms with E-state index >= 15 is 0 Å². The van der Waals surface area contributed by atoms with Crippen LogP contribution < -0.4 is 5.32 Å². The summed E-state index contributed by atoms with van der Waals surface area (Å²) in [4.78, 5) is 0. The molecule has 0 unspecified atom stereocenters. The molecule has 14 heavy (non-hydrogen) atoms. The van der Waals surface area contributed by atoms with E-state index in [0.717, 1.165) is 17.2 Å². The summed E-state index contributed by atoms with van der Waals surface area (Å²) >= 11 is 0. The van der Waals surface area contributed by atoms with Crippen LogP contribution >= 0.6 is 0 Å². The van der Waals surface area contributed by atoms with Gasteiger partial charge < -0.3 is 5.32 Å². The number of nitrogens with zero attached hydrogens (tertiary/aromatic N) is 3. The highest BCUT2D eigenvalue weighted by atomic mass is 15.3. The Kier molecular flexibility index (Phi) is 1.50. The maximum absolute atomic E-state index is 4.15. The van der Waals surface area contributed by atoms with Gasteiger partial charge in [-0.25, -0.2) is 0 Å². The van der Waals surface area contributed by atoms with E-state index in [1.54, 1.807) is 0 Å². The topological polar surface area (TPSA) is 42.2 Å². The Bertz CT molecular complexity index is 470. The third-order valence-electron chi connectivity index (χ3n) is 2.54. The lowest BCUT2D eigenvalue weighted by Gasteiger charge is -2.01. The minimum Gasteiger partial charge on any atom is -0.351 e. The molecular formula is C10H12N4. The molecule has 2 heterocycles. The minimum atomic E-state index is 0.614. The van der Waals surface area contributed by atoms with Crippen molar-refractivity contribution in [3.05, 3.63) is 23.9 Å². The first-order valence-electron chi connectivity index (χ1n) is 4.91. The average Bonchev–Trinajstić information content (AvgIpc) is 2.88. The Labute approximate surface area is 82.0 Å². The van der Waals surface area contributed by atoms with Gasteiger partial charge in [0.05, 0.1) is 0 Å². The Morgan fingerprint density at radius 1 is 1.43 bits per heavy atom. The van der Waals surface area contributed by atoms with Gasteiger partial charge in [-0.2, -0.15) is 0 Å². The molecular weight excluding hydrogens is 176 g/mol. The van der Waals surface area contributed by atoms with Crippen LogP contribution in [0.5, 0.6) is 0 Å². The smallest absolute Gasteiger partial charge is 0.229 e. The summed E-state index contributed by atoms with van der Waals surface area (Å²) in [6, 6.07) is 4.68. The molecule has 72 valence electrons. The summed E-state index contributed by atoms with van der Waals surface area (Å²) in [7, 11) is 0. The van der Waals surface area contributed by atoms with E-state index in [1.165, 1.54) is 12.8 Å². The SMILES string of the molecule is Cc1cccn2c(NC3CC3)nnc12. The normalized spacial score (nSPS) is 16.1. The molecule has 0 spiro atoms. The highest BCUT2D eigenvalue weighted by Crippen LogP contribution is 2.24. The molecule has 4 heteroatoms. The van der Waals surface area contributed by atoms with Crippen molar-refractivity contribution < 1.29 is 0 Å². The van der Waals surface area contributed by atoms with E-state index in [1.807, 2.05) is 29.7 Å². The van der Waals surface area contributed by atoms with Gasteiger partial charge in [0.1, 0.15) is 0 Å². The van der Waals surface area contributed by atoms with Crippen LogP contribution in [0.1, 0.15) is 18.4 Å². The van der Waals surface area contributed by atoms with Crippen LogP contribution in [0.3, 0.4) is 0 Å². The Morgan fingerprint density at radius 2 is 2.29 bits per heavy atom. The van der Waals surface area contributed by atoms with E-state index in [2.05, 4.69) is 15.5 Å². The van der Waals surface area contributed by atoms with Crippen molar-refractivity contribution in [1.82, 2.24) is 14.6 Å². The van der Waals surface area contributed by atoms with Crippen molar-refractivity contribution in [3.8, 4) is 0 Å². The Hall–Kier alpha value is -1.58. The van der Waals surface area contributed by atoms with Crippen molar-refractivity contribution in [3.63, 3.8) is 0 Å². The molecule has 0 bridgehead atoms. The second-order valence-corrected chi connectivity index (χ2v) is 3.83. The zero-order valence-corrected chi connectivity index (χ0v) is 8.07. The molecule has 1 aliphatic rings. The van der Waals surface area contributed by atoms with Gasteiger partial charge >= 0.3 is 0 Å². The third kappa shape index (κ3) is 1.14. The summed E-state index contributed by atoms with van der Waals surface area (Å²) in [6.07, 6.45) is 4.49. The van der Waals surface area contributed by atoms with Gasteiger partial charge in [0, 0.05) is 12.2 Å². The fraction of sp³-hybridized carbons (Fsp3) is 0.400. The van der Waals surface area contributed by atoms with Crippen LogP contribution in [-0.2, 0) is 0 Å². The fourth-order valence-corrected chi connectivity index (χ4v) is 1.56. The van der Waals surface area contributed by atoms with Gasteiger partial charge in [-0.3, -0.25) is 4.40 Å². The molecule has 0 radical (unpaired) electrons. The zero-order chi connectivity index (χ0) is 9.54. The predicted octanol–water partition coefficient (Wildman–Crippen LogP) is 1.61. The highest BCUT2D eigenvalue weighted by molar-refractivity contribution is 5.51. The number of pyridine rings is 1. The zero-order valence-electron chi connectivity index (χ0n) is 8.07. The molecule has 1 N–H and O–H groups in total. The predicted molar refractivity (Wildman–Crippen MR) is 54.4 cm³/mol. The number of nitrogens with one attached hydrogen (secondary N) is 1. The van der Waals surface area contributed by atoms with E-state index in [4.69, 9.17) is 0 Å². The summed E-state index contributed by atoms with van der Waals surface area (Å²) in [6.45, 7) is 2.05. The van der Waals surface area contributed by atoms with E-state index in [9.17, 15) is 0 Å². The molecule has 1 saturated carbocycles. The molecule has 0 aromatic carbocycles. The minimum absolute atomic E-state index is 0.614. The average molecular weight is 188 g/mol.